The molecule has 2 heterocycles. The van der Waals surface area contributed by atoms with Gasteiger partial charge < -0.3 is 4.74 Å². The second kappa shape index (κ2) is 10.3. The largest absolute Gasteiger partial charge is 0.462 e. The summed E-state index contributed by atoms with van der Waals surface area (Å²) in [7, 11) is 0. The van der Waals surface area contributed by atoms with Gasteiger partial charge in [0.05, 0.1) is 23.2 Å². The number of H-pyrrole nitrogens is 1. The van der Waals surface area contributed by atoms with Crippen molar-refractivity contribution in [3.63, 3.8) is 0 Å². The maximum Gasteiger partial charge on any atom is 0.340 e. The number of rotatable bonds is 8. The van der Waals surface area contributed by atoms with Crippen LogP contribution in [0.4, 0.5) is 0 Å². The maximum absolute atomic E-state index is 12.8. The molecule has 8 nitrogen and oxygen atoms in total. The predicted octanol–water partition coefficient (Wildman–Crippen LogP) is 5.86. The number of hydrogen-bond donors (Lipinski definition) is 1. The number of hydrogen-bond acceptors (Lipinski definition) is 7. The van der Waals surface area contributed by atoms with Gasteiger partial charge in [0.1, 0.15) is 5.82 Å². The smallest absolute Gasteiger partial charge is 0.340 e. The van der Waals surface area contributed by atoms with E-state index < -0.39 is 0 Å². The molecule has 0 spiro atoms. The topological polar surface area (TPSA) is 98.6 Å². The molecule has 0 aliphatic carbocycles. The van der Waals surface area contributed by atoms with Crippen LogP contribution < -0.4 is 0 Å². The average molecular weight is 499 g/mol. The van der Waals surface area contributed by atoms with Crippen LogP contribution in [-0.2, 0) is 4.74 Å². The Hall–Kier alpha value is -3.98. The SMILES string of the molecule is CCCSc1cc(-n2c(C)nc3cccc(C(=O)OCC)c32)ccc1-c1ccccc1-c1nnn[nH]1. The van der Waals surface area contributed by atoms with Crippen LogP contribution in [-0.4, -0.2) is 48.5 Å². The van der Waals surface area contributed by atoms with Gasteiger partial charge >= 0.3 is 5.97 Å². The quantitative estimate of drug-likeness (QED) is 0.211. The van der Waals surface area contributed by atoms with Gasteiger partial charge in [-0.05, 0) is 71.8 Å². The summed E-state index contributed by atoms with van der Waals surface area (Å²) in [5, 5.41) is 14.5. The number of fused-ring (bicyclic) bond motifs is 1. The highest BCUT2D eigenvalue weighted by atomic mass is 32.2. The number of esters is 1. The molecule has 0 unspecified atom stereocenters. The van der Waals surface area contributed by atoms with Crippen molar-refractivity contribution in [1.82, 2.24) is 30.2 Å². The van der Waals surface area contributed by atoms with Gasteiger partial charge in [0.2, 0.25) is 0 Å². The Bertz CT molecular complexity index is 1530. The van der Waals surface area contributed by atoms with Crippen LogP contribution in [0, 0.1) is 6.92 Å². The van der Waals surface area contributed by atoms with Crippen LogP contribution in [0.1, 0.15) is 36.5 Å². The molecule has 5 aromatic rings. The lowest BCUT2D eigenvalue weighted by Crippen LogP contribution is -2.08. The molecule has 1 N–H and O–H groups in total. The van der Waals surface area contributed by atoms with Crippen LogP contribution in [0.2, 0.25) is 0 Å². The summed E-state index contributed by atoms with van der Waals surface area (Å²) in [5.41, 5.74) is 6.02. The molecule has 0 saturated heterocycles. The fourth-order valence-electron chi connectivity index (χ4n) is 4.33. The Morgan fingerprint density at radius 2 is 1.86 bits per heavy atom. The van der Waals surface area contributed by atoms with E-state index in [0.717, 1.165) is 56.3 Å². The number of carbonyl (C=O) groups is 1. The number of nitrogens with one attached hydrogen (secondary N) is 1. The highest BCUT2D eigenvalue weighted by Crippen LogP contribution is 2.38. The van der Waals surface area contributed by atoms with Gasteiger partial charge in [0.15, 0.2) is 5.82 Å². The number of ether oxygens (including phenoxy) is 1. The van der Waals surface area contributed by atoms with E-state index in [9.17, 15) is 4.79 Å². The molecule has 0 saturated carbocycles. The van der Waals surface area contributed by atoms with Gasteiger partial charge in [-0.3, -0.25) is 4.57 Å². The van der Waals surface area contributed by atoms with Crippen molar-refractivity contribution in [3.05, 3.63) is 72.1 Å². The molecule has 2 aromatic heterocycles. The Kier molecular flexibility index (Phi) is 6.81. The van der Waals surface area contributed by atoms with Crippen LogP contribution in [0.15, 0.2) is 65.6 Å². The van der Waals surface area contributed by atoms with E-state index in [1.165, 1.54) is 0 Å². The van der Waals surface area contributed by atoms with Gasteiger partial charge in [0, 0.05) is 16.1 Å². The standard InChI is InChI=1S/C27H26N6O2S/c1-4-15-36-24-16-18(13-14-20(24)19-9-6-7-10-21(19)26-29-31-32-30-26)33-17(3)28-23-12-8-11-22(25(23)33)27(34)35-5-2/h6-14,16H,4-5,15H2,1-3H3,(H,29,30,31,32). The first kappa shape index (κ1) is 23.7. The van der Waals surface area contributed by atoms with Crippen molar-refractivity contribution in [2.75, 3.05) is 12.4 Å². The molecule has 0 radical (unpaired) electrons. The summed E-state index contributed by atoms with van der Waals surface area (Å²) in [4.78, 5) is 18.6. The molecule has 9 heteroatoms. The molecule has 5 rings (SSSR count). The van der Waals surface area contributed by atoms with E-state index in [4.69, 9.17) is 9.72 Å². The molecule has 36 heavy (non-hydrogen) atoms. The first-order valence-electron chi connectivity index (χ1n) is 11.9. The number of nitrogens with zero attached hydrogens (tertiary/aromatic N) is 5. The fourth-order valence-corrected chi connectivity index (χ4v) is 5.30. The minimum absolute atomic E-state index is 0.314. The van der Waals surface area contributed by atoms with E-state index in [-0.39, 0.29) is 5.97 Å². The number of thioether (sulfide) groups is 1. The number of para-hydroxylation sites is 1. The molecule has 0 amide bonds. The number of aromatic nitrogens is 6. The fraction of sp³-hybridized carbons (Fsp3) is 0.222. The molecule has 0 atom stereocenters. The zero-order valence-corrected chi connectivity index (χ0v) is 21.2. The van der Waals surface area contributed by atoms with Gasteiger partial charge in [-0.2, -0.15) is 0 Å². The van der Waals surface area contributed by atoms with Crippen molar-refractivity contribution >= 4 is 28.8 Å². The van der Waals surface area contributed by atoms with Crippen molar-refractivity contribution in [1.29, 1.82) is 0 Å². The van der Waals surface area contributed by atoms with Crippen LogP contribution in [0.25, 0.3) is 39.2 Å². The molecule has 0 fully saturated rings. The lowest BCUT2D eigenvalue weighted by molar-refractivity contribution is 0.0528. The van der Waals surface area contributed by atoms with Gasteiger partial charge in [-0.25, -0.2) is 14.9 Å². The molecule has 0 aliphatic heterocycles. The summed E-state index contributed by atoms with van der Waals surface area (Å²) >= 11 is 1.80. The van der Waals surface area contributed by atoms with Crippen molar-refractivity contribution in [3.8, 4) is 28.2 Å². The number of aryl methyl sites for hydroxylation is 1. The third-order valence-corrected chi connectivity index (χ3v) is 7.10. The maximum atomic E-state index is 12.8. The van der Waals surface area contributed by atoms with E-state index in [0.29, 0.717) is 18.0 Å². The Morgan fingerprint density at radius 1 is 1.03 bits per heavy atom. The Balaban J connectivity index is 1.69. The van der Waals surface area contributed by atoms with Gasteiger partial charge in [-0.15, -0.1) is 16.9 Å². The first-order chi connectivity index (χ1) is 17.6. The number of imidazole rings is 1. The third kappa shape index (κ3) is 4.37. The number of aromatic amines is 1. The van der Waals surface area contributed by atoms with Crippen LogP contribution in [0.5, 0.6) is 0 Å². The highest BCUT2D eigenvalue weighted by Gasteiger charge is 2.20. The van der Waals surface area contributed by atoms with E-state index in [1.54, 1.807) is 17.8 Å². The van der Waals surface area contributed by atoms with Crippen molar-refractivity contribution in [2.24, 2.45) is 0 Å². The van der Waals surface area contributed by atoms with Gasteiger partial charge in [-0.1, -0.05) is 43.3 Å². The van der Waals surface area contributed by atoms with Crippen molar-refractivity contribution in [2.45, 2.75) is 32.1 Å². The van der Waals surface area contributed by atoms with Crippen molar-refractivity contribution < 1.29 is 9.53 Å². The van der Waals surface area contributed by atoms with Crippen LogP contribution in [0.3, 0.4) is 0 Å². The average Bonchev–Trinajstić information content (AvgIpc) is 3.55. The molecule has 0 aliphatic rings. The minimum Gasteiger partial charge on any atom is -0.462 e. The predicted molar refractivity (Wildman–Crippen MR) is 141 cm³/mol. The third-order valence-electron chi connectivity index (χ3n) is 5.84. The monoisotopic (exact) mass is 498 g/mol. The highest BCUT2D eigenvalue weighted by molar-refractivity contribution is 7.99. The lowest BCUT2D eigenvalue weighted by atomic mass is 9.99. The first-order valence-corrected chi connectivity index (χ1v) is 12.9. The van der Waals surface area contributed by atoms with Crippen LogP contribution >= 0.6 is 11.8 Å². The normalized spacial score (nSPS) is 11.2. The van der Waals surface area contributed by atoms with E-state index in [1.807, 2.05) is 48.7 Å². The second-order valence-electron chi connectivity index (χ2n) is 8.21. The Labute approximate surface area is 213 Å². The summed E-state index contributed by atoms with van der Waals surface area (Å²) in [5.74, 6) is 2.04. The molecule has 182 valence electrons. The summed E-state index contributed by atoms with van der Waals surface area (Å²) in [6.45, 7) is 6.25. The number of tetrazole rings is 1. The summed E-state index contributed by atoms with van der Waals surface area (Å²) in [6.07, 6.45) is 1.04. The lowest BCUT2D eigenvalue weighted by Gasteiger charge is -2.16. The zero-order chi connectivity index (χ0) is 25.1. The molecule has 0 bridgehead atoms. The Morgan fingerprint density at radius 3 is 2.61 bits per heavy atom. The number of carbonyl (C=O) groups excluding carboxylic acids is 1. The van der Waals surface area contributed by atoms with E-state index in [2.05, 4.69) is 51.8 Å². The van der Waals surface area contributed by atoms with Gasteiger partial charge in [0.25, 0.3) is 0 Å². The second-order valence-corrected chi connectivity index (χ2v) is 9.35. The summed E-state index contributed by atoms with van der Waals surface area (Å²) < 4.78 is 7.37. The molecular weight excluding hydrogens is 472 g/mol. The molecule has 3 aromatic carbocycles. The zero-order valence-electron chi connectivity index (χ0n) is 20.4. The van der Waals surface area contributed by atoms with E-state index >= 15 is 0 Å². The number of benzene rings is 3. The molecular formula is C27H26N6O2S. The minimum atomic E-state index is -0.351. The summed E-state index contributed by atoms with van der Waals surface area (Å²) in [6, 6.07) is 20.0.